The molecule has 0 bridgehead atoms. The third kappa shape index (κ3) is 5.51. The Labute approximate surface area is 191 Å². The summed E-state index contributed by atoms with van der Waals surface area (Å²) in [5, 5.41) is 12.6. The highest BCUT2D eigenvalue weighted by molar-refractivity contribution is 7.71. The average Bonchev–Trinajstić information content (AvgIpc) is 3.27. The van der Waals surface area contributed by atoms with Gasteiger partial charge in [-0.2, -0.15) is 5.10 Å². The number of thiazole rings is 1. The number of aromatic nitrogens is 4. The molecule has 3 aromatic rings. The highest BCUT2D eigenvalue weighted by Gasteiger charge is 2.17. The number of carbonyl (C=O) groups excluding carboxylic acids is 2. The van der Waals surface area contributed by atoms with Gasteiger partial charge in [-0.25, -0.2) is 13.8 Å². The van der Waals surface area contributed by atoms with Gasteiger partial charge in [-0.05, 0) is 37.7 Å². The van der Waals surface area contributed by atoms with Gasteiger partial charge in [0.1, 0.15) is 11.6 Å². The molecule has 0 spiro atoms. The Morgan fingerprint density at radius 1 is 1.38 bits per heavy atom. The third-order valence-corrected chi connectivity index (χ3v) is 5.74. The number of halogens is 2. The Balaban J connectivity index is 1.53. The number of rotatable bonds is 9. The fraction of sp³-hybridized carbons (Fsp3) is 0.250. The summed E-state index contributed by atoms with van der Waals surface area (Å²) >= 11 is 6.49. The molecule has 3 rings (SSSR count). The van der Waals surface area contributed by atoms with Gasteiger partial charge in [-0.3, -0.25) is 19.3 Å². The fourth-order valence-corrected chi connectivity index (χ4v) is 4.04. The van der Waals surface area contributed by atoms with Crippen molar-refractivity contribution in [1.29, 1.82) is 0 Å². The molecule has 0 atom stereocenters. The van der Waals surface area contributed by atoms with Crippen molar-refractivity contribution >= 4 is 40.5 Å². The number of anilines is 1. The second kappa shape index (κ2) is 10.4. The van der Waals surface area contributed by atoms with E-state index in [2.05, 4.69) is 32.4 Å². The lowest BCUT2D eigenvalue weighted by molar-refractivity contribution is -0.116. The number of amides is 2. The van der Waals surface area contributed by atoms with Crippen molar-refractivity contribution in [3.05, 3.63) is 58.5 Å². The van der Waals surface area contributed by atoms with Crippen LogP contribution in [0.4, 0.5) is 13.9 Å². The van der Waals surface area contributed by atoms with Crippen molar-refractivity contribution in [2.45, 2.75) is 26.3 Å². The molecule has 8 nitrogen and oxygen atoms in total. The molecule has 0 aliphatic rings. The monoisotopic (exact) mass is 478 g/mol. The largest absolute Gasteiger partial charge is 0.352 e. The topological polar surface area (TPSA) is 105 Å². The van der Waals surface area contributed by atoms with Gasteiger partial charge in [0.2, 0.25) is 5.91 Å². The van der Waals surface area contributed by atoms with E-state index in [0.29, 0.717) is 40.5 Å². The van der Waals surface area contributed by atoms with Crippen molar-refractivity contribution in [2.24, 2.45) is 0 Å². The summed E-state index contributed by atoms with van der Waals surface area (Å²) < 4.78 is 28.8. The second-order valence-corrected chi connectivity index (χ2v) is 8.10. The number of carbonyl (C=O) groups is 2. The summed E-state index contributed by atoms with van der Waals surface area (Å²) in [5.41, 5.74) is 0.439. The molecule has 0 fully saturated rings. The van der Waals surface area contributed by atoms with E-state index in [1.54, 1.807) is 10.6 Å². The summed E-state index contributed by atoms with van der Waals surface area (Å²) in [6.07, 6.45) is 2.15. The van der Waals surface area contributed by atoms with E-state index in [0.717, 1.165) is 17.0 Å². The number of nitrogens with zero attached hydrogens (tertiary/aromatic N) is 3. The standard InChI is InChI=1S/C20H20F2N6O2S2/c1-3-9-28-17(26-27-20(28)31)16-11(2)24-19(32-16)25-15(29)5-4-8-23-18(30)13-7-6-12(21)10-14(13)22/h3,6-7,10H,1,4-5,8-9H2,2H3,(H,23,30)(H,27,31)(H,24,25,29). The lowest BCUT2D eigenvalue weighted by Gasteiger charge is -2.06. The molecule has 2 amide bonds. The normalized spacial score (nSPS) is 10.7. The highest BCUT2D eigenvalue weighted by Crippen LogP contribution is 2.31. The van der Waals surface area contributed by atoms with Crippen LogP contribution < -0.4 is 10.6 Å². The minimum atomic E-state index is -0.940. The number of benzene rings is 1. The van der Waals surface area contributed by atoms with Crippen molar-refractivity contribution in [3.8, 4) is 10.7 Å². The van der Waals surface area contributed by atoms with Crippen LogP contribution in [0.25, 0.3) is 10.7 Å². The summed E-state index contributed by atoms with van der Waals surface area (Å²) in [6.45, 7) is 6.16. The van der Waals surface area contributed by atoms with Gasteiger partial charge < -0.3 is 10.6 Å². The molecule has 0 aliphatic heterocycles. The molecule has 1 aromatic carbocycles. The third-order valence-electron chi connectivity index (χ3n) is 4.36. The zero-order valence-electron chi connectivity index (χ0n) is 17.1. The van der Waals surface area contributed by atoms with Crippen LogP contribution in [0.2, 0.25) is 0 Å². The van der Waals surface area contributed by atoms with Crippen LogP contribution in [0.1, 0.15) is 28.9 Å². The summed E-state index contributed by atoms with van der Waals surface area (Å²) in [4.78, 5) is 29.3. The Morgan fingerprint density at radius 3 is 2.88 bits per heavy atom. The molecule has 2 aromatic heterocycles. The zero-order valence-corrected chi connectivity index (χ0v) is 18.7. The quantitative estimate of drug-likeness (QED) is 0.245. The van der Waals surface area contributed by atoms with Crippen molar-refractivity contribution in [3.63, 3.8) is 0 Å². The van der Waals surface area contributed by atoms with Gasteiger partial charge in [0, 0.05) is 25.6 Å². The number of aryl methyl sites for hydroxylation is 1. The van der Waals surface area contributed by atoms with Crippen LogP contribution >= 0.6 is 23.6 Å². The van der Waals surface area contributed by atoms with Crippen molar-refractivity contribution < 1.29 is 18.4 Å². The molecular formula is C20H20F2N6O2S2. The Bertz CT molecular complexity index is 1220. The summed E-state index contributed by atoms with van der Waals surface area (Å²) in [5.74, 6) is -2.04. The number of allylic oxidation sites excluding steroid dienone is 1. The zero-order chi connectivity index (χ0) is 23.3. The molecule has 0 radical (unpaired) electrons. The maximum absolute atomic E-state index is 13.6. The molecule has 0 unspecified atom stereocenters. The summed E-state index contributed by atoms with van der Waals surface area (Å²) in [7, 11) is 0. The predicted molar refractivity (Wildman–Crippen MR) is 120 cm³/mol. The first kappa shape index (κ1) is 23.4. The number of nitrogens with one attached hydrogen (secondary N) is 3. The Kier molecular flexibility index (Phi) is 7.59. The predicted octanol–water partition coefficient (Wildman–Crippen LogP) is 3.99. The molecule has 0 aliphatic carbocycles. The Hall–Kier alpha value is -3.25. The number of hydrogen-bond donors (Lipinski definition) is 3. The van der Waals surface area contributed by atoms with E-state index in [9.17, 15) is 18.4 Å². The van der Waals surface area contributed by atoms with E-state index in [1.165, 1.54) is 11.3 Å². The molecule has 3 N–H and O–H groups in total. The van der Waals surface area contributed by atoms with Crippen molar-refractivity contribution in [2.75, 3.05) is 11.9 Å². The van der Waals surface area contributed by atoms with Crippen LogP contribution in [0.5, 0.6) is 0 Å². The molecule has 0 saturated carbocycles. The van der Waals surface area contributed by atoms with Crippen molar-refractivity contribution in [1.82, 2.24) is 25.1 Å². The number of H-pyrrole nitrogens is 1. The number of hydrogen-bond acceptors (Lipinski definition) is 6. The highest BCUT2D eigenvalue weighted by atomic mass is 32.1. The first-order valence-electron chi connectivity index (χ1n) is 9.57. The van der Waals surface area contributed by atoms with Crippen LogP contribution in [0, 0.1) is 23.3 Å². The van der Waals surface area contributed by atoms with Gasteiger partial charge in [0.15, 0.2) is 15.7 Å². The molecule has 2 heterocycles. The minimum absolute atomic E-state index is 0.120. The van der Waals surface area contributed by atoms with Gasteiger partial charge in [-0.1, -0.05) is 17.4 Å². The van der Waals surface area contributed by atoms with Crippen LogP contribution in [-0.2, 0) is 11.3 Å². The minimum Gasteiger partial charge on any atom is -0.352 e. The van der Waals surface area contributed by atoms with Gasteiger partial charge in [0.25, 0.3) is 5.91 Å². The Morgan fingerprint density at radius 2 is 2.16 bits per heavy atom. The van der Waals surface area contributed by atoms with E-state index < -0.39 is 17.5 Å². The SMILES string of the molecule is C=CCn1c(-c2sc(NC(=O)CCCNC(=O)c3ccc(F)cc3F)nc2C)n[nH]c1=S. The maximum atomic E-state index is 13.6. The first-order chi connectivity index (χ1) is 15.3. The lowest BCUT2D eigenvalue weighted by atomic mass is 10.2. The van der Waals surface area contributed by atoms with E-state index in [1.807, 2.05) is 6.92 Å². The second-order valence-electron chi connectivity index (χ2n) is 6.72. The number of aromatic amines is 1. The first-order valence-corrected chi connectivity index (χ1v) is 10.8. The van der Waals surface area contributed by atoms with E-state index in [-0.39, 0.29) is 24.4 Å². The molecule has 168 valence electrons. The molecule has 12 heteroatoms. The van der Waals surface area contributed by atoms with Crippen LogP contribution in [0.15, 0.2) is 30.9 Å². The molecular weight excluding hydrogens is 458 g/mol. The molecule has 0 saturated heterocycles. The maximum Gasteiger partial charge on any atom is 0.254 e. The lowest BCUT2D eigenvalue weighted by Crippen LogP contribution is -2.26. The van der Waals surface area contributed by atoms with E-state index >= 15 is 0 Å². The summed E-state index contributed by atoms with van der Waals surface area (Å²) in [6, 6.07) is 2.72. The molecule has 32 heavy (non-hydrogen) atoms. The van der Waals surface area contributed by atoms with Crippen LogP contribution in [0.3, 0.4) is 0 Å². The van der Waals surface area contributed by atoms with Gasteiger partial charge >= 0.3 is 0 Å². The average molecular weight is 479 g/mol. The van der Waals surface area contributed by atoms with E-state index in [4.69, 9.17) is 12.2 Å². The van der Waals surface area contributed by atoms with Gasteiger partial charge in [-0.15, -0.1) is 6.58 Å². The smallest absolute Gasteiger partial charge is 0.254 e. The fourth-order valence-electron chi connectivity index (χ4n) is 2.85. The van der Waals surface area contributed by atoms with Crippen LogP contribution in [-0.4, -0.2) is 38.1 Å². The van der Waals surface area contributed by atoms with Gasteiger partial charge in [0.05, 0.1) is 16.1 Å².